The van der Waals surface area contributed by atoms with Crippen LogP contribution in [-0.4, -0.2) is 62.9 Å². The zero-order valence-corrected chi connectivity index (χ0v) is 12.1. The van der Waals surface area contributed by atoms with E-state index in [1.54, 1.807) is 21.1 Å². The van der Waals surface area contributed by atoms with Gasteiger partial charge in [0, 0.05) is 20.8 Å². The fourth-order valence-corrected chi connectivity index (χ4v) is 0.533. The molecule has 0 aromatic carbocycles. The van der Waals surface area contributed by atoms with Crippen LogP contribution in [0.4, 0.5) is 0 Å². The Morgan fingerprint density at radius 2 is 1.67 bits per heavy atom. The van der Waals surface area contributed by atoms with Crippen LogP contribution in [0.3, 0.4) is 0 Å². The molecule has 1 atom stereocenters. The van der Waals surface area contributed by atoms with Crippen molar-refractivity contribution in [1.82, 2.24) is 0 Å². The van der Waals surface area contributed by atoms with Crippen LogP contribution in [0, 0.1) is 0 Å². The number of hydrogen-bond donors (Lipinski definition) is 2. The molecule has 0 radical (unpaired) electrons. The molecule has 0 saturated carbocycles. The molecule has 0 heterocycles. The van der Waals surface area contributed by atoms with Crippen LogP contribution in [0.5, 0.6) is 0 Å². The normalized spacial score (nSPS) is 10.4. The minimum atomic E-state index is -0.560. The summed E-state index contributed by atoms with van der Waals surface area (Å²) in [6.07, 6.45) is -0.197. The van der Waals surface area contributed by atoms with Gasteiger partial charge in [0.25, 0.3) is 0 Å². The van der Waals surface area contributed by atoms with E-state index in [2.05, 4.69) is 9.47 Å². The van der Waals surface area contributed by atoms with Gasteiger partial charge in [0.1, 0.15) is 0 Å². The number of rotatable bonds is 6. The van der Waals surface area contributed by atoms with Crippen LogP contribution in [0.1, 0.15) is 27.2 Å². The van der Waals surface area contributed by atoms with Crippen molar-refractivity contribution in [2.75, 3.05) is 40.6 Å². The van der Waals surface area contributed by atoms with Crippen molar-refractivity contribution in [3.63, 3.8) is 0 Å². The lowest BCUT2D eigenvalue weighted by molar-refractivity contribution is -0.144. The molecule has 0 aliphatic heterocycles. The van der Waals surface area contributed by atoms with E-state index in [-0.39, 0.29) is 12.6 Å². The van der Waals surface area contributed by atoms with E-state index < -0.39 is 6.10 Å². The monoisotopic (exact) mass is 268 g/mol. The zero-order chi connectivity index (χ0) is 14.8. The summed E-state index contributed by atoms with van der Waals surface area (Å²) in [7, 11) is 3.25. The minimum absolute atomic E-state index is 0.139. The molecule has 0 rings (SSSR count). The molecule has 6 heteroatoms. The van der Waals surface area contributed by atoms with Crippen molar-refractivity contribution in [3.05, 3.63) is 0 Å². The van der Waals surface area contributed by atoms with Gasteiger partial charge < -0.3 is 24.4 Å². The first-order valence-electron chi connectivity index (χ1n) is 5.92. The van der Waals surface area contributed by atoms with Gasteiger partial charge in [0.05, 0.1) is 32.3 Å². The second kappa shape index (κ2) is 21.6. The number of methoxy groups -OCH3 is 1. The van der Waals surface area contributed by atoms with Crippen molar-refractivity contribution in [2.24, 2.45) is 0 Å². The molecule has 0 bridgehead atoms. The Bertz CT molecular complexity index is 150. The second-order valence-corrected chi connectivity index (χ2v) is 3.19. The molecule has 0 spiro atoms. The molecule has 0 amide bonds. The van der Waals surface area contributed by atoms with E-state index in [1.165, 1.54) is 6.92 Å². The Labute approximate surface area is 110 Å². The van der Waals surface area contributed by atoms with Gasteiger partial charge in [0.2, 0.25) is 0 Å². The molecule has 6 nitrogen and oxygen atoms in total. The first-order chi connectivity index (χ1) is 8.49. The predicted octanol–water partition coefficient (Wildman–Crippen LogP) is 0.598. The highest BCUT2D eigenvalue weighted by Gasteiger charge is 1.98. The lowest BCUT2D eigenvalue weighted by Crippen LogP contribution is -2.07. The highest BCUT2D eigenvalue weighted by Crippen LogP contribution is 1.86. The Hall–Kier alpha value is -0.690. The molecular formula is C12H28O6. The van der Waals surface area contributed by atoms with Crippen molar-refractivity contribution in [3.8, 4) is 0 Å². The van der Waals surface area contributed by atoms with E-state index in [4.69, 9.17) is 14.9 Å². The summed E-state index contributed by atoms with van der Waals surface area (Å²) < 4.78 is 13.9. The number of carbonyl (C=O) groups excluding carboxylic acids is 1. The van der Waals surface area contributed by atoms with E-state index >= 15 is 0 Å². The SMILES string of the molecule is CC(O)CO.CCOCCC(=O)OCC.COC. The summed E-state index contributed by atoms with van der Waals surface area (Å²) in [5.41, 5.74) is 0. The third-order valence-corrected chi connectivity index (χ3v) is 1.22. The molecular weight excluding hydrogens is 240 g/mol. The van der Waals surface area contributed by atoms with Crippen LogP contribution >= 0.6 is 0 Å². The number of hydrogen-bond acceptors (Lipinski definition) is 6. The Balaban J connectivity index is -0.000000235. The molecule has 2 N–H and O–H groups in total. The van der Waals surface area contributed by atoms with Crippen molar-refractivity contribution in [2.45, 2.75) is 33.3 Å². The van der Waals surface area contributed by atoms with Gasteiger partial charge in [-0.1, -0.05) is 0 Å². The van der Waals surface area contributed by atoms with Crippen LogP contribution in [0.15, 0.2) is 0 Å². The van der Waals surface area contributed by atoms with Crippen LogP contribution in [-0.2, 0) is 19.0 Å². The Kier molecular flexibility index (Phi) is 27.0. The number of ether oxygens (including phenoxy) is 3. The lowest BCUT2D eigenvalue weighted by Gasteiger charge is -2.00. The van der Waals surface area contributed by atoms with Gasteiger partial charge in [-0.2, -0.15) is 0 Å². The van der Waals surface area contributed by atoms with Crippen LogP contribution in [0.2, 0.25) is 0 Å². The molecule has 0 aromatic heterocycles. The topological polar surface area (TPSA) is 85.2 Å². The van der Waals surface area contributed by atoms with Gasteiger partial charge in [-0.25, -0.2) is 0 Å². The van der Waals surface area contributed by atoms with E-state index in [0.29, 0.717) is 26.2 Å². The lowest BCUT2D eigenvalue weighted by atomic mass is 10.5. The van der Waals surface area contributed by atoms with Gasteiger partial charge in [0.15, 0.2) is 0 Å². The van der Waals surface area contributed by atoms with Crippen molar-refractivity contribution >= 4 is 5.97 Å². The second-order valence-electron chi connectivity index (χ2n) is 3.19. The fraction of sp³-hybridized carbons (Fsp3) is 0.917. The Morgan fingerprint density at radius 1 is 1.22 bits per heavy atom. The molecule has 0 saturated heterocycles. The third kappa shape index (κ3) is 36.2. The van der Waals surface area contributed by atoms with Gasteiger partial charge in [-0.3, -0.25) is 4.79 Å². The zero-order valence-electron chi connectivity index (χ0n) is 12.1. The number of esters is 1. The van der Waals surface area contributed by atoms with Crippen molar-refractivity contribution in [1.29, 1.82) is 0 Å². The summed E-state index contributed by atoms with van der Waals surface area (Å²) >= 11 is 0. The smallest absolute Gasteiger partial charge is 0.308 e. The highest BCUT2D eigenvalue weighted by molar-refractivity contribution is 5.69. The molecule has 112 valence electrons. The maximum absolute atomic E-state index is 10.6. The molecule has 0 aliphatic carbocycles. The third-order valence-electron chi connectivity index (χ3n) is 1.22. The van der Waals surface area contributed by atoms with Crippen molar-refractivity contribution < 1.29 is 29.2 Å². The van der Waals surface area contributed by atoms with E-state index in [9.17, 15) is 4.79 Å². The highest BCUT2D eigenvalue weighted by atomic mass is 16.5. The molecule has 0 aliphatic rings. The summed E-state index contributed by atoms with van der Waals surface area (Å²) in [5.74, 6) is -0.184. The number of aliphatic hydroxyl groups is 2. The largest absolute Gasteiger partial charge is 0.466 e. The summed E-state index contributed by atoms with van der Waals surface area (Å²) in [6.45, 7) is 6.64. The fourth-order valence-electron chi connectivity index (χ4n) is 0.533. The first kappa shape index (κ1) is 22.5. The van der Waals surface area contributed by atoms with Crippen LogP contribution in [0.25, 0.3) is 0 Å². The van der Waals surface area contributed by atoms with Gasteiger partial charge >= 0.3 is 5.97 Å². The number of carbonyl (C=O) groups is 1. The minimum Gasteiger partial charge on any atom is -0.466 e. The van der Waals surface area contributed by atoms with Gasteiger partial charge in [-0.15, -0.1) is 0 Å². The van der Waals surface area contributed by atoms with E-state index in [1.807, 2.05) is 6.92 Å². The summed E-state index contributed by atoms with van der Waals surface area (Å²) in [6, 6.07) is 0. The maximum Gasteiger partial charge on any atom is 0.308 e. The average molecular weight is 268 g/mol. The van der Waals surface area contributed by atoms with Crippen LogP contribution < -0.4 is 0 Å². The molecule has 0 aromatic rings. The molecule has 18 heavy (non-hydrogen) atoms. The molecule has 1 unspecified atom stereocenters. The number of aliphatic hydroxyl groups excluding tert-OH is 2. The predicted molar refractivity (Wildman–Crippen MR) is 69.4 cm³/mol. The summed E-state index contributed by atoms with van der Waals surface area (Å²) in [5, 5.41) is 16.0. The van der Waals surface area contributed by atoms with E-state index in [0.717, 1.165) is 0 Å². The summed E-state index contributed by atoms with van der Waals surface area (Å²) in [4.78, 5) is 10.6. The first-order valence-corrected chi connectivity index (χ1v) is 5.92. The molecule has 0 fully saturated rings. The Morgan fingerprint density at radius 3 is 1.94 bits per heavy atom. The quantitative estimate of drug-likeness (QED) is 0.542. The van der Waals surface area contributed by atoms with Gasteiger partial charge in [-0.05, 0) is 20.8 Å². The standard InChI is InChI=1S/C7H14O3.C3H8O2.C2H6O/c1-3-9-6-5-7(8)10-4-2;1-3(5)2-4;1-3-2/h3-6H2,1-2H3;3-5H,2H2,1H3;1-2H3. The maximum atomic E-state index is 10.6. The average Bonchev–Trinajstić information content (AvgIpc) is 2.31.